The zero-order chi connectivity index (χ0) is 12.1. The van der Waals surface area contributed by atoms with Gasteiger partial charge in [0, 0.05) is 12.5 Å². The largest absolute Gasteiger partial charge is 0.327 e. The first-order valence-corrected chi connectivity index (χ1v) is 5.29. The Balaban J connectivity index is 2.77. The van der Waals surface area contributed by atoms with Crippen molar-refractivity contribution in [1.82, 2.24) is 0 Å². The topological polar surface area (TPSA) is 43.1 Å². The Hall–Kier alpha value is -1.29. The quantitative estimate of drug-likeness (QED) is 0.786. The van der Waals surface area contributed by atoms with Gasteiger partial charge in [-0.25, -0.2) is 8.78 Å². The second kappa shape index (κ2) is 5.70. The third-order valence-corrected chi connectivity index (χ3v) is 2.36. The van der Waals surface area contributed by atoms with Crippen LogP contribution in [0.2, 0.25) is 0 Å². The lowest BCUT2D eigenvalue weighted by Gasteiger charge is -2.09. The Kier molecular flexibility index (Phi) is 4.55. The Morgan fingerprint density at radius 2 is 2.12 bits per heavy atom. The molecule has 0 fully saturated rings. The highest BCUT2D eigenvalue weighted by atomic mass is 19.2. The van der Waals surface area contributed by atoms with Crippen molar-refractivity contribution in [1.29, 1.82) is 0 Å². The summed E-state index contributed by atoms with van der Waals surface area (Å²) in [7, 11) is 0. The number of halogens is 2. The van der Waals surface area contributed by atoms with Gasteiger partial charge in [-0.2, -0.15) is 0 Å². The average molecular weight is 227 g/mol. The monoisotopic (exact) mass is 227 g/mol. The fraction of sp³-hybridized carbons (Fsp3) is 0.417. The molecule has 2 N–H and O–H groups in total. The molecule has 0 aliphatic carbocycles. The van der Waals surface area contributed by atoms with Gasteiger partial charge in [-0.05, 0) is 18.6 Å². The van der Waals surface area contributed by atoms with Gasteiger partial charge in [0.25, 0.3) is 0 Å². The second-order valence-corrected chi connectivity index (χ2v) is 3.78. The molecule has 1 aromatic carbocycles. The number of benzene rings is 1. The predicted molar refractivity (Wildman–Crippen MR) is 58.2 cm³/mol. The van der Waals surface area contributed by atoms with Crippen LogP contribution in [0.1, 0.15) is 36.5 Å². The minimum atomic E-state index is -1.09. The molecule has 0 amide bonds. The molecule has 1 unspecified atom stereocenters. The van der Waals surface area contributed by atoms with E-state index in [0.29, 0.717) is 6.42 Å². The first-order valence-electron chi connectivity index (χ1n) is 5.29. The van der Waals surface area contributed by atoms with Crippen LogP contribution in [0.3, 0.4) is 0 Å². The molecular weight excluding hydrogens is 212 g/mol. The number of carbonyl (C=O) groups is 1. The van der Waals surface area contributed by atoms with E-state index in [1.165, 1.54) is 12.1 Å². The molecule has 0 radical (unpaired) electrons. The summed E-state index contributed by atoms with van der Waals surface area (Å²) in [5.74, 6) is -2.54. The maximum absolute atomic E-state index is 13.3. The van der Waals surface area contributed by atoms with Crippen LogP contribution in [0.4, 0.5) is 8.78 Å². The number of rotatable bonds is 5. The molecule has 1 atom stereocenters. The van der Waals surface area contributed by atoms with Crippen molar-refractivity contribution >= 4 is 5.78 Å². The fourth-order valence-electron chi connectivity index (χ4n) is 1.54. The maximum atomic E-state index is 13.3. The van der Waals surface area contributed by atoms with Crippen molar-refractivity contribution in [3.05, 3.63) is 35.4 Å². The second-order valence-electron chi connectivity index (χ2n) is 3.78. The van der Waals surface area contributed by atoms with E-state index in [4.69, 9.17) is 5.73 Å². The van der Waals surface area contributed by atoms with Crippen LogP contribution < -0.4 is 5.73 Å². The number of carbonyl (C=O) groups excluding carboxylic acids is 1. The number of hydrogen-bond acceptors (Lipinski definition) is 2. The van der Waals surface area contributed by atoms with Gasteiger partial charge in [-0.1, -0.05) is 19.4 Å². The van der Waals surface area contributed by atoms with Gasteiger partial charge in [0.15, 0.2) is 17.4 Å². The molecule has 16 heavy (non-hydrogen) atoms. The lowest BCUT2D eigenvalue weighted by molar-refractivity contribution is 0.0968. The van der Waals surface area contributed by atoms with Crippen LogP contribution in [0.25, 0.3) is 0 Å². The summed E-state index contributed by atoms with van der Waals surface area (Å²) in [6.45, 7) is 1.95. The van der Waals surface area contributed by atoms with E-state index < -0.39 is 17.4 Å². The first-order chi connectivity index (χ1) is 7.56. The molecule has 0 saturated carbocycles. The van der Waals surface area contributed by atoms with E-state index in [-0.39, 0.29) is 18.0 Å². The van der Waals surface area contributed by atoms with Crippen molar-refractivity contribution in [2.75, 3.05) is 0 Å². The molecule has 0 spiro atoms. The van der Waals surface area contributed by atoms with Crippen LogP contribution in [0, 0.1) is 11.6 Å². The molecule has 0 bridgehead atoms. The maximum Gasteiger partial charge on any atom is 0.169 e. The molecule has 0 aliphatic heterocycles. The van der Waals surface area contributed by atoms with E-state index in [0.717, 1.165) is 12.5 Å². The van der Waals surface area contributed by atoms with E-state index in [1.807, 2.05) is 6.92 Å². The number of ketones is 1. The average Bonchev–Trinajstić information content (AvgIpc) is 2.22. The van der Waals surface area contributed by atoms with Crippen molar-refractivity contribution < 1.29 is 13.6 Å². The van der Waals surface area contributed by atoms with Crippen LogP contribution in [0.5, 0.6) is 0 Å². The molecule has 1 rings (SSSR count). The van der Waals surface area contributed by atoms with Crippen LogP contribution in [-0.2, 0) is 0 Å². The molecular formula is C12H15F2NO. The van der Waals surface area contributed by atoms with Gasteiger partial charge >= 0.3 is 0 Å². The van der Waals surface area contributed by atoms with Gasteiger partial charge in [0.1, 0.15) is 0 Å². The van der Waals surface area contributed by atoms with Crippen molar-refractivity contribution in [2.24, 2.45) is 5.73 Å². The predicted octanol–water partition coefficient (Wildman–Crippen LogP) is 2.67. The molecule has 0 aromatic heterocycles. The normalized spacial score (nSPS) is 12.5. The highest BCUT2D eigenvalue weighted by molar-refractivity contribution is 5.96. The summed E-state index contributed by atoms with van der Waals surface area (Å²) in [6.07, 6.45) is 1.61. The molecule has 88 valence electrons. The van der Waals surface area contributed by atoms with Crippen LogP contribution in [0.15, 0.2) is 18.2 Å². The molecule has 0 aliphatic rings. The summed E-state index contributed by atoms with van der Waals surface area (Å²) >= 11 is 0. The van der Waals surface area contributed by atoms with Crippen molar-refractivity contribution in [2.45, 2.75) is 32.2 Å². The fourth-order valence-corrected chi connectivity index (χ4v) is 1.54. The smallest absolute Gasteiger partial charge is 0.169 e. The third kappa shape index (κ3) is 3.10. The van der Waals surface area contributed by atoms with Crippen molar-refractivity contribution in [3.63, 3.8) is 0 Å². The summed E-state index contributed by atoms with van der Waals surface area (Å²) in [4.78, 5) is 11.6. The zero-order valence-corrected chi connectivity index (χ0v) is 9.17. The number of hydrogen-bond donors (Lipinski definition) is 1. The van der Waals surface area contributed by atoms with Gasteiger partial charge in [0.05, 0.1) is 5.56 Å². The Morgan fingerprint density at radius 1 is 1.44 bits per heavy atom. The standard InChI is InChI=1S/C12H15F2NO/c1-2-4-8(15)7-11(16)9-5-3-6-10(13)12(9)14/h3,5-6,8H,2,4,7,15H2,1H3. The first kappa shape index (κ1) is 12.8. The van der Waals surface area contributed by atoms with Gasteiger partial charge < -0.3 is 5.73 Å². The van der Waals surface area contributed by atoms with Gasteiger partial charge in [-0.3, -0.25) is 4.79 Å². The van der Waals surface area contributed by atoms with Crippen molar-refractivity contribution in [3.8, 4) is 0 Å². The third-order valence-electron chi connectivity index (χ3n) is 2.36. The Morgan fingerprint density at radius 3 is 2.75 bits per heavy atom. The van der Waals surface area contributed by atoms with E-state index in [1.54, 1.807) is 0 Å². The molecule has 0 saturated heterocycles. The lowest BCUT2D eigenvalue weighted by atomic mass is 10.0. The summed E-state index contributed by atoms with van der Waals surface area (Å²) in [5.41, 5.74) is 5.46. The molecule has 1 aromatic rings. The Bertz CT molecular complexity index is 379. The minimum absolute atomic E-state index is 0.0498. The SMILES string of the molecule is CCCC(N)CC(=O)c1cccc(F)c1F. The van der Waals surface area contributed by atoms with E-state index >= 15 is 0 Å². The number of nitrogens with two attached hydrogens (primary N) is 1. The molecule has 0 heterocycles. The molecule has 4 heteroatoms. The van der Waals surface area contributed by atoms with Crippen LogP contribution >= 0.6 is 0 Å². The summed E-state index contributed by atoms with van der Waals surface area (Å²) in [6, 6.07) is 3.29. The lowest BCUT2D eigenvalue weighted by Crippen LogP contribution is -2.24. The van der Waals surface area contributed by atoms with E-state index in [2.05, 4.69) is 0 Å². The number of Topliss-reactive ketones (excluding diaryl/α,β-unsaturated/α-hetero) is 1. The van der Waals surface area contributed by atoms with Crippen LogP contribution in [-0.4, -0.2) is 11.8 Å². The Labute approximate surface area is 93.5 Å². The zero-order valence-electron chi connectivity index (χ0n) is 9.17. The van der Waals surface area contributed by atoms with Gasteiger partial charge in [0.2, 0.25) is 0 Å². The van der Waals surface area contributed by atoms with E-state index in [9.17, 15) is 13.6 Å². The minimum Gasteiger partial charge on any atom is -0.327 e. The summed E-state index contributed by atoms with van der Waals surface area (Å²) in [5, 5.41) is 0. The summed E-state index contributed by atoms with van der Waals surface area (Å²) < 4.78 is 26.1. The highest BCUT2D eigenvalue weighted by Crippen LogP contribution is 2.14. The van der Waals surface area contributed by atoms with Gasteiger partial charge in [-0.15, -0.1) is 0 Å². The molecule has 2 nitrogen and oxygen atoms in total. The highest BCUT2D eigenvalue weighted by Gasteiger charge is 2.17.